The topological polar surface area (TPSA) is 57.7 Å². The Kier molecular flexibility index (Phi) is 8.18. The van der Waals surface area contributed by atoms with Crippen LogP contribution >= 0.6 is 15.9 Å². The van der Waals surface area contributed by atoms with E-state index in [0.717, 1.165) is 62.5 Å². The van der Waals surface area contributed by atoms with Gasteiger partial charge in [-0.3, -0.25) is 9.69 Å². The molecule has 1 atom stereocenters. The number of hydrogen-bond acceptors (Lipinski definition) is 6. The van der Waals surface area contributed by atoms with Crippen LogP contribution in [-0.4, -0.2) is 67.1 Å². The minimum absolute atomic E-state index is 0.0499. The van der Waals surface area contributed by atoms with Crippen LogP contribution in [0, 0.1) is 5.41 Å². The summed E-state index contributed by atoms with van der Waals surface area (Å²) >= 11 is 3.72. The largest absolute Gasteiger partial charge is 0.469 e. The molecule has 0 bridgehead atoms. The van der Waals surface area contributed by atoms with E-state index in [1.54, 1.807) is 0 Å². The predicted molar refractivity (Wildman–Crippen MR) is 157 cm³/mol. The van der Waals surface area contributed by atoms with Gasteiger partial charge in [-0.25, -0.2) is 4.98 Å². The van der Waals surface area contributed by atoms with Gasteiger partial charge in [0.05, 0.1) is 19.2 Å². The van der Waals surface area contributed by atoms with Crippen molar-refractivity contribution in [2.24, 2.45) is 5.41 Å². The molecule has 1 aromatic heterocycles. The van der Waals surface area contributed by atoms with Gasteiger partial charge >= 0.3 is 5.97 Å². The summed E-state index contributed by atoms with van der Waals surface area (Å²) < 4.78 is 6.16. The summed E-state index contributed by atoms with van der Waals surface area (Å²) in [5.41, 5.74) is 5.51. The fourth-order valence-corrected chi connectivity index (χ4v) is 6.90. The smallest absolute Gasteiger partial charge is 0.306 e. The second kappa shape index (κ2) is 11.3. The molecular formula is C31H43BrN4O2. The maximum atomic E-state index is 12.3. The molecule has 1 spiro atoms. The second-order valence-electron chi connectivity index (χ2n) is 12.8. The Bertz CT molecular complexity index is 1150. The van der Waals surface area contributed by atoms with Crippen LogP contribution in [0.2, 0.25) is 0 Å². The van der Waals surface area contributed by atoms with Crippen molar-refractivity contribution in [1.29, 1.82) is 0 Å². The SMILES string of the molecule is COC(=O)C[C@H](CN1CC2(CCN(Cc3ccc4c(n3)NCCC4)CC2)C1)c1cc(Br)cc(C(C)(C)C)c1. The highest BCUT2D eigenvalue weighted by Crippen LogP contribution is 2.42. The van der Waals surface area contributed by atoms with Crippen molar-refractivity contribution < 1.29 is 9.53 Å². The second-order valence-corrected chi connectivity index (χ2v) is 13.7. The van der Waals surface area contributed by atoms with E-state index in [9.17, 15) is 4.79 Å². The number of carbonyl (C=O) groups is 1. The van der Waals surface area contributed by atoms with Gasteiger partial charge in [-0.05, 0) is 84.5 Å². The standard InChI is InChI=1S/C31H43BrN4O2/c1-30(2,3)25-14-23(15-26(32)17-25)24(16-28(37)38-4)18-36-20-31(21-36)9-12-35(13-10-31)19-27-8-7-22-6-5-11-33-29(22)34-27/h7-8,14-15,17,24H,5-6,9-13,16,18-21H2,1-4H3,(H,33,34)/t24-/m1/s1. The van der Waals surface area contributed by atoms with Crippen LogP contribution in [0.15, 0.2) is 34.8 Å². The van der Waals surface area contributed by atoms with E-state index in [-0.39, 0.29) is 17.3 Å². The number of methoxy groups -OCH3 is 1. The molecule has 0 unspecified atom stereocenters. The lowest BCUT2D eigenvalue weighted by atomic mass is 9.71. The molecule has 1 aromatic carbocycles. The average Bonchev–Trinajstić information content (AvgIpc) is 2.87. The lowest BCUT2D eigenvalue weighted by Gasteiger charge is -2.55. The first-order valence-corrected chi connectivity index (χ1v) is 15.0. The van der Waals surface area contributed by atoms with E-state index in [0.29, 0.717) is 11.8 Å². The molecular weight excluding hydrogens is 540 g/mol. The van der Waals surface area contributed by atoms with E-state index < -0.39 is 0 Å². The summed E-state index contributed by atoms with van der Waals surface area (Å²) in [4.78, 5) is 22.4. The van der Waals surface area contributed by atoms with E-state index in [1.807, 2.05) is 0 Å². The average molecular weight is 584 g/mol. The van der Waals surface area contributed by atoms with Crippen LogP contribution in [-0.2, 0) is 27.9 Å². The first-order valence-electron chi connectivity index (χ1n) is 14.2. The number of pyridine rings is 1. The Hall–Kier alpha value is -1.96. The van der Waals surface area contributed by atoms with E-state index in [1.165, 1.54) is 48.8 Å². The summed E-state index contributed by atoms with van der Waals surface area (Å²) in [6, 6.07) is 11.1. The van der Waals surface area contributed by atoms with Crippen molar-refractivity contribution in [2.45, 2.75) is 70.8 Å². The van der Waals surface area contributed by atoms with Gasteiger partial charge in [-0.1, -0.05) is 48.8 Å². The third kappa shape index (κ3) is 6.43. The number of esters is 1. The molecule has 6 nitrogen and oxygen atoms in total. The minimum Gasteiger partial charge on any atom is -0.469 e. The minimum atomic E-state index is -0.137. The molecule has 3 aliphatic heterocycles. The first-order chi connectivity index (χ1) is 18.1. The van der Waals surface area contributed by atoms with Crippen LogP contribution in [0.1, 0.15) is 74.8 Å². The van der Waals surface area contributed by atoms with Crippen molar-refractivity contribution >= 4 is 27.7 Å². The van der Waals surface area contributed by atoms with Crippen LogP contribution in [0.4, 0.5) is 5.82 Å². The summed E-state index contributed by atoms with van der Waals surface area (Å²) in [6.07, 6.45) is 5.22. The van der Waals surface area contributed by atoms with Crippen LogP contribution in [0.5, 0.6) is 0 Å². The number of likely N-dealkylation sites (tertiary alicyclic amines) is 2. The molecule has 0 aliphatic carbocycles. The van der Waals surface area contributed by atoms with Gasteiger partial charge in [0.1, 0.15) is 5.82 Å². The number of anilines is 1. The van der Waals surface area contributed by atoms with Gasteiger partial charge < -0.3 is 15.0 Å². The van der Waals surface area contributed by atoms with Gasteiger partial charge in [0.15, 0.2) is 0 Å². The summed E-state index contributed by atoms with van der Waals surface area (Å²) in [7, 11) is 1.49. The van der Waals surface area contributed by atoms with Crippen LogP contribution in [0.3, 0.4) is 0 Å². The van der Waals surface area contributed by atoms with Crippen LogP contribution < -0.4 is 5.32 Å². The molecule has 7 heteroatoms. The lowest BCUT2D eigenvalue weighted by Crippen LogP contribution is -2.60. The monoisotopic (exact) mass is 582 g/mol. The van der Waals surface area contributed by atoms with Crippen molar-refractivity contribution in [3.05, 3.63) is 57.2 Å². The number of nitrogens with zero attached hydrogens (tertiary/aromatic N) is 3. The van der Waals surface area contributed by atoms with E-state index in [4.69, 9.17) is 9.72 Å². The summed E-state index contributed by atoms with van der Waals surface area (Å²) in [5, 5.41) is 3.47. The van der Waals surface area contributed by atoms with E-state index in [2.05, 4.69) is 82.1 Å². The number of fused-ring (bicyclic) bond motifs is 1. The molecule has 2 saturated heterocycles. The summed E-state index contributed by atoms with van der Waals surface area (Å²) in [6.45, 7) is 14.1. The zero-order valence-corrected chi connectivity index (χ0v) is 25.1. The highest BCUT2D eigenvalue weighted by molar-refractivity contribution is 9.10. The summed E-state index contributed by atoms with van der Waals surface area (Å²) in [5.74, 6) is 1.09. The molecule has 5 rings (SSSR count). The normalized spacial score (nSPS) is 20.3. The number of aromatic nitrogens is 1. The number of ether oxygens (including phenoxy) is 1. The number of aryl methyl sites for hydroxylation is 1. The Morgan fingerprint density at radius 1 is 1.16 bits per heavy atom. The molecule has 0 radical (unpaired) electrons. The number of hydrogen-bond donors (Lipinski definition) is 1. The number of piperidine rings is 1. The molecule has 0 saturated carbocycles. The lowest BCUT2D eigenvalue weighted by molar-refractivity contribution is -0.141. The Morgan fingerprint density at radius 3 is 2.63 bits per heavy atom. The van der Waals surface area contributed by atoms with Crippen molar-refractivity contribution in [3.63, 3.8) is 0 Å². The number of carbonyl (C=O) groups excluding carboxylic acids is 1. The zero-order chi connectivity index (χ0) is 26.9. The molecule has 38 heavy (non-hydrogen) atoms. The maximum Gasteiger partial charge on any atom is 0.306 e. The third-order valence-corrected chi connectivity index (χ3v) is 9.21. The number of nitrogens with one attached hydrogen (secondary N) is 1. The van der Waals surface area contributed by atoms with Crippen molar-refractivity contribution in [1.82, 2.24) is 14.8 Å². The van der Waals surface area contributed by atoms with Crippen LogP contribution in [0.25, 0.3) is 0 Å². The zero-order valence-electron chi connectivity index (χ0n) is 23.5. The number of halogens is 1. The predicted octanol–water partition coefficient (Wildman–Crippen LogP) is 5.74. The number of benzene rings is 1. The molecule has 3 aliphatic rings. The Morgan fingerprint density at radius 2 is 1.92 bits per heavy atom. The molecule has 4 heterocycles. The fraction of sp³-hybridized carbons (Fsp3) is 0.613. The Labute approximate surface area is 236 Å². The highest BCUT2D eigenvalue weighted by Gasteiger charge is 2.45. The van der Waals surface area contributed by atoms with Gasteiger partial charge in [0.2, 0.25) is 0 Å². The maximum absolute atomic E-state index is 12.3. The van der Waals surface area contributed by atoms with Crippen molar-refractivity contribution in [3.8, 4) is 0 Å². The highest BCUT2D eigenvalue weighted by atomic mass is 79.9. The molecule has 2 aromatic rings. The fourth-order valence-electron chi connectivity index (χ4n) is 6.38. The number of rotatable bonds is 7. The third-order valence-electron chi connectivity index (χ3n) is 8.75. The molecule has 1 N–H and O–H groups in total. The molecule has 0 amide bonds. The quantitative estimate of drug-likeness (QED) is 0.420. The van der Waals surface area contributed by atoms with Gasteiger partial charge in [0, 0.05) is 43.1 Å². The van der Waals surface area contributed by atoms with Crippen molar-refractivity contribution in [2.75, 3.05) is 51.7 Å². The van der Waals surface area contributed by atoms with Gasteiger partial charge in [-0.2, -0.15) is 0 Å². The first kappa shape index (κ1) is 27.6. The van der Waals surface area contributed by atoms with Gasteiger partial charge in [-0.15, -0.1) is 0 Å². The van der Waals surface area contributed by atoms with E-state index >= 15 is 0 Å². The molecule has 206 valence electrons. The Balaban J connectivity index is 1.17. The molecule has 2 fully saturated rings. The van der Waals surface area contributed by atoms with Gasteiger partial charge in [0.25, 0.3) is 0 Å².